The van der Waals surface area contributed by atoms with Gasteiger partial charge in [0.25, 0.3) is 5.56 Å². The molecule has 0 bridgehead atoms. The van der Waals surface area contributed by atoms with Crippen LogP contribution in [0.4, 0.5) is 0 Å². The maximum absolute atomic E-state index is 13.1. The molecule has 154 valence electrons. The van der Waals surface area contributed by atoms with Gasteiger partial charge in [0.15, 0.2) is 16.8 Å². The lowest BCUT2D eigenvalue weighted by Gasteiger charge is -2.08. The van der Waals surface area contributed by atoms with E-state index in [9.17, 15) is 4.79 Å². The molecule has 3 aromatic heterocycles. The average Bonchev–Trinajstić information content (AvgIpc) is 3.16. The van der Waals surface area contributed by atoms with E-state index in [0.717, 1.165) is 22.4 Å². The minimum atomic E-state index is -0.305. The van der Waals surface area contributed by atoms with Crippen molar-refractivity contribution in [1.29, 1.82) is 0 Å². The minimum Gasteiger partial charge on any atom is -0.293 e. The highest BCUT2D eigenvalue weighted by Crippen LogP contribution is 2.29. The normalized spacial score (nSPS) is 11.5. The number of hydrogen-bond donors (Lipinski definition) is 0. The van der Waals surface area contributed by atoms with E-state index in [4.69, 9.17) is 23.2 Å². The number of benzene rings is 2. The number of halogens is 2. The van der Waals surface area contributed by atoms with Crippen LogP contribution < -0.4 is 5.56 Å². The van der Waals surface area contributed by atoms with Crippen LogP contribution in [-0.4, -0.2) is 29.4 Å². The summed E-state index contributed by atoms with van der Waals surface area (Å²) in [5.41, 5.74) is 4.19. The third kappa shape index (κ3) is 3.36. The van der Waals surface area contributed by atoms with Crippen LogP contribution in [0.2, 0.25) is 10.0 Å². The van der Waals surface area contributed by atoms with Gasteiger partial charge in [-0.3, -0.25) is 9.36 Å². The largest absolute Gasteiger partial charge is 0.293 e. The number of hydrogen-bond acceptors (Lipinski definition) is 5. The Labute approximate surface area is 186 Å². The first-order valence-corrected chi connectivity index (χ1v) is 10.4. The van der Waals surface area contributed by atoms with E-state index in [0.29, 0.717) is 27.8 Å². The molecule has 0 fully saturated rings. The first-order chi connectivity index (χ1) is 15.1. The van der Waals surface area contributed by atoms with Crippen molar-refractivity contribution in [3.8, 4) is 11.1 Å². The molecule has 0 spiro atoms. The Morgan fingerprint density at radius 2 is 1.74 bits per heavy atom. The van der Waals surface area contributed by atoms with E-state index in [1.807, 2.05) is 49.4 Å². The van der Waals surface area contributed by atoms with Crippen molar-refractivity contribution in [3.63, 3.8) is 0 Å². The third-order valence-corrected chi connectivity index (χ3v) is 5.76. The van der Waals surface area contributed by atoms with E-state index in [2.05, 4.69) is 20.3 Å². The number of aryl methyl sites for hydroxylation is 1. The lowest BCUT2D eigenvalue weighted by molar-refractivity contribution is 0.736. The predicted molar refractivity (Wildman–Crippen MR) is 121 cm³/mol. The maximum atomic E-state index is 13.1. The van der Waals surface area contributed by atoms with Gasteiger partial charge in [0, 0.05) is 10.0 Å². The molecule has 0 saturated carbocycles. The van der Waals surface area contributed by atoms with Crippen LogP contribution in [0.5, 0.6) is 0 Å². The van der Waals surface area contributed by atoms with Crippen molar-refractivity contribution in [3.05, 3.63) is 86.5 Å². The monoisotopic (exact) mass is 450 g/mol. The molecule has 31 heavy (non-hydrogen) atoms. The van der Waals surface area contributed by atoms with Crippen LogP contribution >= 0.6 is 23.2 Å². The second-order valence-corrected chi connectivity index (χ2v) is 7.90. The fourth-order valence-corrected chi connectivity index (χ4v) is 3.91. The standard InChI is InChI=1S/C22H16Cl2N6O/c1-2-17-18(13-7-9-15(23)10-8-13)20-27-26-19-21(30(20)28-17)25-12-29(22(19)31)11-14-5-3-4-6-16(14)24/h3-10,12H,2,11H2,1H3. The molecule has 0 aliphatic carbocycles. The van der Waals surface area contributed by atoms with Crippen molar-refractivity contribution in [2.24, 2.45) is 0 Å². The molecule has 0 radical (unpaired) electrons. The fourth-order valence-electron chi connectivity index (χ4n) is 3.59. The van der Waals surface area contributed by atoms with Crippen LogP contribution in [-0.2, 0) is 13.0 Å². The van der Waals surface area contributed by atoms with E-state index >= 15 is 0 Å². The summed E-state index contributed by atoms with van der Waals surface area (Å²) in [4.78, 5) is 17.6. The summed E-state index contributed by atoms with van der Waals surface area (Å²) >= 11 is 12.3. The first kappa shape index (κ1) is 19.7. The molecule has 0 aliphatic rings. The fraction of sp³-hybridized carbons (Fsp3) is 0.136. The third-order valence-electron chi connectivity index (χ3n) is 5.14. The Hall–Kier alpha value is -3.29. The molecule has 0 unspecified atom stereocenters. The van der Waals surface area contributed by atoms with Crippen LogP contribution in [0.1, 0.15) is 18.2 Å². The Morgan fingerprint density at radius 3 is 2.48 bits per heavy atom. The van der Waals surface area contributed by atoms with Crippen LogP contribution in [0, 0.1) is 0 Å². The van der Waals surface area contributed by atoms with Gasteiger partial charge >= 0.3 is 0 Å². The topological polar surface area (TPSA) is 78.0 Å². The quantitative estimate of drug-likeness (QED) is 0.404. The molecule has 0 amide bonds. The Balaban J connectivity index is 1.69. The second kappa shape index (κ2) is 7.76. The van der Waals surface area contributed by atoms with E-state index in [1.165, 1.54) is 10.9 Å². The number of nitrogens with zero attached hydrogens (tertiary/aromatic N) is 6. The molecule has 5 rings (SSSR count). The zero-order chi connectivity index (χ0) is 21.5. The lowest BCUT2D eigenvalue weighted by atomic mass is 10.0. The van der Waals surface area contributed by atoms with Gasteiger partial charge in [0.1, 0.15) is 6.33 Å². The van der Waals surface area contributed by atoms with Gasteiger partial charge in [-0.2, -0.15) is 9.61 Å². The molecular formula is C22H16Cl2N6O. The maximum Gasteiger partial charge on any atom is 0.283 e. The molecular weight excluding hydrogens is 435 g/mol. The van der Waals surface area contributed by atoms with Crippen molar-refractivity contribution in [2.75, 3.05) is 0 Å². The summed E-state index contributed by atoms with van der Waals surface area (Å²) in [5.74, 6) is 0. The molecule has 0 atom stereocenters. The van der Waals surface area contributed by atoms with Gasteiger partial charge in [-0.25, -0.2) is 4.98 Å². The highest BCUT2D eigenvalue weighted by Gasteiger charge is 2.19. The molecule has 0 saturated heterocycles. The lowest BCUT2D eigenvalue weighted by Crippen LogP contribution is -2.23. The summed E-state index contributed by atoms with van der Waals surface area (Å²) in [7, 11) is 0. The summed E-state index contributed by atoms with van der Waals surface area (Å²) < 4.78 is 3.06. The Morgan fingerprint density at radius 1 is 0.968 bits per heavy atom. The molecule has 3 heterocycles. The Bertz CT molecular complexity index is 1490. The van der Waals surface area contributed by atoms with Gasteiger partial charge < -0.3 is 0 Å². The zero-order valence-corrected chi connectivity index (χ0v) is 18.0. The molecule has 7 nitrogen and oxygen atoms in total. The smallest absolute Gasteiger partial charge is 0.283 e. The first-order valence-electron chi connectivity index (χ1n) is 9.69. The van der Waals surface area contributed by atoms with Gasteiger partial charge in [0.2, 0.25) is 0 Å². The van der Waals surface area contributed by atoms with Gasteiger partial charge in [-0.1, -0.05) is 60.5 Å². The predicted octanol–water partition coefficient (Wildman–Crippen LogP) is 4.42. The Kier molecular flexibility index (Phi) is 4.92. The van der Waals surface area contributed by atoms with Crippen molar-refractivity contribution in [1.82, 2.24) is 29.4 Å². The number of aromatic nitrogens is 6. The number of fused-ring (bicyclic) bond motifs is 3. The molecule has 2 aromatic carbocycles. The summed E-state index contributed by atoms with van der Waals surface area (Å²) in [5, 5.41) is 14.5. The van der Waals surface area contributed by atoms with Crippen molar-refractivity contribution in [2.45, 2.75) is 19.9 Å². The highest BCUT2D eigenvalue weighted by molar-refractivity contribution is 6.31. The summed E-state index contributed by atoms with van der Waals surface area (Å²) in [6.07, 6.45) is 2.18. The molecule has 0 aliphatic heterocycles. The van der Waals surface area contributed by atoms with Crippen LogP contribution in [0.15, 0.2) is 59.7 Å². The highest BCUT2D eigenvalue weighted by atomic mass is 35.5. The summed E-state index contributed by atoms with van der Waals surface area (Å²) in [6, 6.07) is 14.8. The van der Waals surface area contributed by atoms with Gasteiger partial charge in [-0.15, -0.1) is 10.2 Å². The molecule has 0 N–H and O–H groups in total. The minimum absolute atomic E-state index is 0.148. The van der Waals surface area contributed by atoms with Crippen LogP contribution in [0.3, 0.4) is 0 Å². The average molecular weight is 451 g/mol. The summed E-state index contributed by atoms with van der Waals surface area (Å²) in [6.45, 7) is 2.30. The van der Waals surface area contributed by atoms with E-state index in [1.54, 1.807) is 10.6 Å². The van der Waals surface area contributed by atoms with Gasteiger partial charge in [0.05, 0.1) is 17.8 Å². The van der Waals surface area contributed by atoms with E-state index in [-0.39, 0.29) is 17.6 Å². The second-order valence-electron chi connectivity index (χ2n) is 7.06. The van der Waals surface area contributed by atoms with Crippen molar-refractivity contribution >= 4 is 40.0 Å². The molecule has 9 heteroatoms. The zero-order valence-electron chi connectivity index (χ0n) is 16.5. The molecule has 5 aromatic rings. The van der Waals surface area contributed by atoms with Gasteiger partial charge in [-0.05, 0) is 35.7 Å². The van der Waals surface area contributed by atoms with E-state index < -0.39 is 0 Å². The van der Waals surface area contributed by atoms with Crippen LogP contribution in [0.25, 0.3) is 27.9 Å². The number of rotatable bonds is 4. The van der Waals surface area contributed by atoms with Crippen molar-refractivity contribution < 1.29 is 0 Å². The SMILES string of the molecule is CCc1nn2c(nnc3c(=O)n(Cc4ccccc4Cl)cnc32)c1-c1ccc(Cl)cc1.